The number of rotatable bonds is 4. The first-order valence-corrected chi connectivity index (χ1v) is 7.54. The van der Waals surface area contributed by atoms with E-state index in [1.165, 1.54) is 11.3 Å². The van der Waals surface area contributed by atoms with Gasteiger partial charge in [-0.15, -0.1) is 0 Å². The first-order valence-electron chi connectivity index (χ1n) is 6.72. The zero-order valence-electron chi connectivity index (χ0n) is 11.3. The first-order chi connectivity index (χ1) is 9.74. The van der Waals surface area contributed by atoms with Crippen LogP contribution < -0.4 is 15.4 Å². The number of carbonyl (C=O) groups excluding carboxylic acids is 1. The van der Waals surface area contributed by atoms with Gasteiger partial charge in [-0.25, -0.2) is 4.98 Å². The monoisotopic (exact) mass is 291 g/mol. The summed E-state index contributed by atoms with van der Waals surface area (Å²) in [5, 5.41) is 6.85. The number of amides is 1. The van der Waals surface area contributed by atoms with E-state index < -0.39 is 0 Å². The zero-order chi connectivity index (χ0) is 13.9. The highest BCUT2D eigenvalue weighted by Crippen LogP contribution is 2.29. The molecule has 0 bridgehead atoms. The number of hydrogen-bond donors (Lipinski definition) is 2. The average Bonchev–Trinajstić information content (AvgIpc) is 3.06. The standard InChI is InChI=1S/C14H17N3O2S/c1-19-10-4-5-11-12(8-10)20-14(16-11)17-13(18)7-9-3-2-6-15-9/h4-5,8-9,15H,2-3,6-7H2,1H3,(H,16,17,18). The maximum Gasteiger partial charge on any atom is 0.227 e. The third-order valence-corrected chi connectivity index (χ3v) is 4.37. The van der Waals surface area contributed by atoms with Gasteiger partial charge in [-0.05, 0) is 37.6 Å². The zero-order valence-corrected chi connectivity index (χ0v) is 12.1. The molecule has 1 atom stereocenters. The number of anilines is 1. The van der Waals surface area contributed by atoms with Crippen LogP contribution >= 0.6 is 11.3 Å². The molecule has 6 heteroatoms. The minimum atomic E-state index is 0.0235. The summed E-state index contributed by atoms with van der Waals surface area (Å²) in [4.78, 5) is 16.4. The molecular formula is C14H17N3O2S. The molecule has 1 aliphatic rings. The van der Waals surface area contributed by atoms with Gasteiger partial charge in [0.15, 0.2) is 5.13 Å². The van der Waals surface area contributed by atoms with Crippen molar-refractivity contribution in [2.24, 2.45) is 0 Å². The molecule has 1 fully saturated rings. The Morgan fingerprint density at radius 1 is 1.60 bits per heavy atom. The first kappa shape index (κ1) is 13.3. The van der Waals surface area contributed by atoms with Crippen molar-refractivity contribution in [3.05, 3.63) is 18.2 Å². The number of ether oxygens (including phenoxy) is 1. The fourth-order valence-electron chi connectivity index (χ4n) is 2.41. The highest BCUT2D eigenvalue weighted by Gasteiger charge is 2.18. The summed E-state index contributed by atoms with van der Waals surface area (Å²) < 4.78 is 6.20. The number of nitrogens with zero attached hydrogens (tertiary/aromatic N) is 1. The number of fused-ring (bicyclic) bond motifs is 1. The second kappa shape index (κ2) is 5.76. The highest BCUT2D eigenvalue weighted by molar-refractivity contribution is 7.22. The number of nitrogens with one attached hydrogen (secondary N) is 2. The van der Waals surface area contributed by atoms with Crippen LogP contribution in [0.3, 0.4) is 0 Å². The van der Waals surface area contributed by atoms with E-state index in [1.807, 2.05) is 18.2 Å². The molecule has 1 aromatic carbocycles. The molecule has 2 N–H and O–H groups in total. The molecule has 1 unspecified atom stereocenters. The summed E-state index contributed by atoms with van der Waals surface area (Å²) in [5.74, 6) is 0.824. The largest absolute Gasteiger partial charge is 0.497 e. The minimum Gasteiger partial charge on any atom is -0.497 e. The molecule has 1 amide bonds. The van der Waals surface area contributed by atoms with Crippen molar-refractivity contribution in [1.29, 1.82) is 0 Å². The predicted molar refractivity (Wildman–Crippen MR) is 80.4 cm³/mol. The van der Waals surface area contributed by atoms with Gasteiger partial charge in [0.1, 0.15) is 5.75 Å². The molecule has 1 saturated heterocycles. The molecule has 3 rings (SSSR count). The Bertz CT molecular complexity index is 620. The lowest BCUT2D eigenvalue weighted by Crippen LogP contribution is -2.27. The van der Waals surface area contributed by atoms with E-state index in [0.717, 1.165) is 35.4 Å². The Balaban J connectivity index is 1.68. The van der Waals surface area contributed by atoms with Crippen LogP contribution in [0, 0.1) is 0 Å². The van der Waals surface area contributed by atoms with Crippen molar-refractivity contribution in [3.63, 3.8) is 0 Å². The quantitative estimate of drug-likeness (QED) is 0.908. The van der Waals surface area contributed by atoms with E-state index in [4.69, 9.17) is 4.74 Å². The van der Waals surface area contributed by atoms with Gasteiger partial charge in [0.2, 0.25) is 5.91 Å². The van der Waals surface area contributed by atoms with Gasteiger partial charge in [0.25, 0.3) is 0 Å². The van der Waals surface area contributed by atoms with Gasteiger partial charge in [-0.3, -0.25) is 4.79 Å². The molecule has 2 heterocycles. The topological polar surface area (TPSA) is 63.2 Å². The third-order valence-electron chi connectivity index (χ3n) is 3.44. The fourth-order valence-corrected chi connectivity index (χ4v) is 3.32. The lowest BCUT2D eigenvalue weighted by molar-refractivity contribution is -0.116. The van der Waals surface area contributed by atoms with Gasteiger partial charge in [0.05, 0.1) is 17.3 Å². The van der Waals surface area contributed by atoms with Gasteiger partial charge in [-0.1, -0.05) is 11.3 Å². The lowest BCUT2D eigenvalue weighted by Gasteiger charge is -2.08. The van der Waals surface area contributed by atoms with Crippen molar-refractivity contribution < 1.29 is 9.53 Å². The maximum absolute atomic E-state index is 12.0. The van der Waals surface area contributed by atoms with E-state index in [0.29, 0.717) is 17.6 Å². The van der Waals surface area contributed by atoms with Gasteiger partial charge < -0.3 is 15.4 Å². The molecule has 0 aliphatic carbocycles. The Kier molecular flexibility index (Phi) is 3.84. The normalized spacial score (nSPS) is 18.4. The summed E-state index contributed by atoms with van der Waals surface area (Å²) in [6.07, 6.45) is 2.74. The van der Waals surface area contributed by atoms with Gasteiger partial charge in [0, 0.05) is 12.5 Å². The van der Waals surface area contributed by atoms with Crippen molar-refractivity contribution in [1.82, 2.24) is 10.3 Å². The maximum atomic E-state index is 12.0. The molecule has 0 saturated carbocycles. The SMILES string of the molecule is COc1ccc2nc(NC(=O)CC3CCCN3)sc2c1. The van der Waals surface area contributed by atoms with Crippen LogP contribution in [0.2, 0.25) is 0 Å². The molecule has 0 spiro atoms. The Hall–Kier alpha value is -1.66. The van der Waals surface area contributed by atoms with E-state index in [1.54, 1.807) is 7.11 Å². The molecular weight excluding hydrogens is 274 g/mol. The van der Waals surface area contributed by atoms with Crippen molar-refractivity contribution >= 4 is 32.6 Å². The van der Waals surface area contributed by atoms with Crippen LogP contribution in [-0.4, -0.2) is 30.6 Å². The number of aromatic nitrogens is 1. The van der Waals surface area contributed by atoms with Gasteiger partial charge >= 0.3 is 0 Å². The molecule has 20 heavy (non-hydrogen) atoms. The summed E-state index contributed by atoms with van der Waals surface area (Å²) in [7, 11) is 1.64. The number of methoxy groups -OCH3 is 1. The smallest absolute Gasteiger partial charge is 0.227 e. The van der Waals surface area contributed by atoms with Crippen LogP contribution in [0.25, 0.3) is 10.2 Å². The second-order valence-electron chi connectivity index (χ2n) is 4.90. The number of hydrogen-bond acceptors (Lipinski definition) is 5. The predicted octanol–water partition coefficient (Wildman–Crippen LogP) is 2.39. The summed E-state index contributed by atoms with van der Waals surface area (Å²) in [5.41, 5.74) is 0.880. The number of benzene rings is 1. The third kappa shape index (κ3) is 2.91. The Morgan fingerprint density at radius 3 is 3.25 bits per heavy atom. The van der Waals surface area contributed by atoms with E-state index in [2.05, 4.69) is 15.6 Å². The fraction of sp³-hybridized carbons (Fsp3) is 0.429. The Labute approximate surface area is 121 Å². The molecule has 5 nitrogen and oxygen atoms in total. The Morgan fingerprint density at radius 2 is 2.50 bits per heavy atom. The molecule has 106 valence electrons. The molecule has 1 aromatic heterocycles. The van der Waals surface area contributed by atoms with Crippen LogP contribution in [0.15, 0.2) is 18.2 Å². The average molecular weight is 291 g/mol. The molecule has 1 aliphatic heterocycles. The van der Waals surface area contributed by atoms with E-state index >= 15 is 0 Å². The number of carbonyl (C=O) groups is 1. The summed E-state index contributed by atoms with van der Waals surface area (Å²) in [6.45, 7) is 1.01. The van der Waals surface area contributed by atoms with Crippen LogP contribution in [0.1, 0.15) is 19.3 Å². The van der Waals surface area contributed by atoms with Crippen molar-refractivity contribution in [2.75, 3.05) is 19.0 Å². The van der Waals surface area contributed by atoms with Crippen LogP contribution in [-0.2, 0) is 4.79 Å². The van der Waals surface area contributed by atoms with Crippen molar-refractivity contribution in [2.45, 2.75) is 25.3 Å². The molecule has 0 radical (unpaired) electrons. The van der Waals surface area contributed by atoms with Crippen LogP contribution in [0.5, 0.6) is 5.75 Å². The second-order valence-corrected chi connectivity index (χ2v) is 5.93. The summed E-state index contributed by atoms with van der Waals surface area (Å²) >= 11 is 1.47. The number of thiazole rings is 1. The summed E-state index contributed by atoms with van der Waals surface area (Å²) in [6, 6.07) is 6.01. The van der Waals surface area contributed by atoms with Crippen LogP contribution in [0.4, 0.5) is 5.13 Å². The minimum absolute atomic E-state index is 0.0235. The highest BCUT2D eigenvalue weighted by atomic mass is 32.1. The van der Waals surface area contributed by atoms with Gasteiger partial charge in [-0.2, -0.15) is 0 Å². The molecule has 2 aromatic rings. The van der Waals surface area contributed by atoms with E-state index in [9.17, 15) is 4.79 Å². The van der Waals surface area contributed by atoms with Crippen molar-refractivity contribution in [3.8, 4) is 5.75 Å². The van der Waals surface area contributed by atoms with E-state index in [-0.39, 0.29) is 5.91 Å². The lowest BCUT2D eigenvalue weighted by atomic mass is 10.1.